The van der Waals surface area contributed by atoms with Gasteiger partial charge in [-0.1, -0.05) is 0 Å². The van der Waals surface area contributed by atoms with Crippen LogP contribution < -0.4 is 21.3 Å². The lowest BCUT2D eigenvalue weighted by Gasteiger charge is -2.10. The van der Waals surface area contributed by atoms with Gasteiger partial charge < -0.3 is 21.3 Å². The van der Waals surface area contributed by atoms with E-state index in [1.165, 1.54) is 0 Å². The van der Waals surface area contributed by atoms with Gasteiger partial charge in [0.05, 0.1) is 22.9 Å². The minimum atomic E-state index is -3.63. The van der Waals surface area contributed by atoms with E-state index in [9.17, 15) is 8.42 Å². The average Bonchev–Trinajstić information content (AvgIpc) is 3.13. The van der Waals surface area contributed by atoms with Crippen LogP contribution in [-0.2, 0) is 9.84 Å². The van der Waals surface area contributed by atoms with Gasteiger partial charge in [0.15, 0.2) is 0 Å². The van der Waals surface area contributed by atoms with Crippen molar-refractivity contribution < 1.29 is 8.42 Å². The summed E-state index contributed by atoms with van der Waals surface area (Å²) in [7, 11) is -3.63. The largest absolute Gasteiger partial charge is 0.387 e. The van der Waals surface area contributed by atoms with Crippen molar-refractivity contribution in [2.45, 2.75) is 23.6 Å². The highest BCUT2D eigenvalue weighted by atomic mass is 32.2. The first-order valence-electron chi connectivity index (χ1n) is 10.8. The van der Waals surface area contributed by atoms with E-state index in [1.54, 1.807) is 48.5 Å². The Balaban J connectivity index is 1.46. The summed E-state index contributed by atoms with van der Waals surface area (Å²) in [5.41, 5.74) is 3.62. The number of amidine groups is 2. The number of hydrogen-bond donors (Lipinski definition) is 4. The van der Waals surface area contributed by atoms with Gasteiger partial charge in [-0.3, -0.25) is 9.98 Å². The molecule has 2 aliphatic heterocycles. The van der Waals surface area contributed by atoms with Crippen LogP contribution in [0.25, 0.3) is 0 Å². The van der Waals surface area contributed by atoms with Crippen molar-refractivity contribution in [2.75, 3.05) is 36.8 Å². The fraction of sp³-hybridized carbons (Fsp3) is 0.250. The lowest BCUT2D eigenvalue weighted by atomic mass is 10.3. The number of hydrogen-bond acceptors (Lipinski definition) is 8. The third-order valence-corrected chi connectivity index (χ3v) is 6.96. The van der Waals surface area contributed by atoms with E-state index in [4.69, 9.17) is 0 Å². The standard InChI is InChI=1S/C24H28N6O2S/c1-17-15-23(27-13-11-25-17)29-19-3-7-21(8-4-19)33(31,32)22-9-5-20(6-10-22)30-24-16-18(2)26-12-14-28-24/h3-10,15-16,25-26H,11-14H2,1-2H3,(H,27,29)(H,28,30). The Hall–Kier alpha value is -3.59. The van der Waals surface area contributed by atoms with Crippen LogP contribution in [0.5, 0.6) is 0 Å². The number of rotatable bonds is 4. The highest BCUT2D eigenvalue weighted by molar-refractivity contribution is 7.91. The van der Waals surface area contributed by atoms with Gasteiger partial charge in [-0.05, 0) is 74.5 Å². The highest BCUT2D eigenvalue weighted by Crippen LogP contribution is 2.24. The van der Waals surface area contributed by atoms with Crippen LogP contribution in [0.15, 0.2) is 91.9 Å². The summed E-state index contributed by atoms with van der Waals surface area (Å²) in [5, 5.41) is 13.0. The molecule has 0 saturated carbocycles. The second kappa shape index (κ2) is 9.91. The van der Waals surface area contributed by atoms with Crippen LogP contribution in [0.1, 0.15) is 13.8 Å². The summed E-state index contributed by atoms with van der Waals surface area (Å²) in [4.78, 5) is 9.43. The monoisotopic (exact) mass is 464 g/mol. The number of nitrogens with zero attached hydrogens (tertiary/aromatic N) is 2. The molecule has 0 unspecified atom stereocenters. The number of allylic oxidation sites excluding steroid dienone is 2. The molecule has 0 radical (unpaired) electrons. The minimum Gasteiger partial charge on any atom is -0.387 e. The highest BCUT2D eigenvalue weighted by Gasteiger charge is 2.18. The molecule has 2 heterocycles. The molecule has 0 saturated heterocycles. The van der Waals surface area contributed by atoms with Gasteiger partial charge in [0, 0.05) is 35.9 Å². The Bertz CT molecular complexity index is 1140. The van der Waals surface area contributed by atoms with Gasteiger partial charge >= 0.3 is 0 Å². The van der Waals surface area contributed by atoms with Crippen LogP contribution >= 0.6 is 0 Å². The molecular weight excluding hydrogens is 436 g/mol. The molecule has 4 N–H and O–H groups in total. The fourth-order valence-electron chi connectivity index (χ4n) is 3.48. The van der Waals surface area contributed by atoms with Gasteiger partial charge in [-0.25, -0.2) is 8.42 Å². The first kappa shape index (κ1) is 22.6. The average molecular weight is 465 g/mol. The summed E-state index contributed by atoms with van der Waals surface area (Å²) in [5.74, 6) is 1.49. The normalized spacial score (nSPS) is 16.5. The van der Waals surface area contributed by atoms with Crippen LogP contribution in [0, 0.1) is 0 Å². The van der Waals surface area contributed by atoms with Crippen LogP contribution in [0.2, 0.25) is 0 Å². The van der Waals surface area contributed by atoms with Crippen LogP contribution in [0.4, 0.5) is 11.4 Å². The maximum absolute atomic E-state index is 13.1. The minimum absolute atomic E-state index is 0.239. The molecule has 2 aromatic carbocycles. The smallest absolute Gasteiger partial charge is 0.206 e. The molecule has 0 fully saturated rings. The van der Waals surface area contributed by atoms with Crippen molar-refractivity contribution in [2.24, 2.45) is 9.98 Å². The summed E-state index contributed by atoms with van der Waals surface area (Å²) in [6.45, 7) is 6.90. The first-order chi connectivity index (χ1) is 15.9. The van der Waals surface area contributed by atoms with E-state index in [0.29, 0.717) is 13.1 Å². The maximum Gasteiger partial charge on any atom is 0.206 e. The molecule has 9 heteroatoms. The zero-order valence-corrected chi connectivity index (χ0v) is 19.5. The molecule has 2 aliphatic rings. The quantitative estimate of drug-likeness (QED) is 0.554. The van der Waals surface area contributed by atoms with E-state index in [1.807, 2.05) is 26.0 Å². The second-order valence-corrected chi connectivity index (χ2v) is 9.79. The Morgan fingerprint density at radius 2 is 1.09 bits per heavy atom. The van der Waals surface area contributed by atoms with Crippen molar-refractivity contribution in [1.29, 1.82) is 0 Å². The fourth-order valence-corrected chi connectivity index (χ4v) is 4.74. The van der Waals surface area contributed by atoms with E-state index in [0.717, 1.165) is 47.5 Å². The number of nitrogens with one attached hydrogen (secondary N) is 4. The van der Waals surface area contributed by atoms with Gasteiger partial charge in [0.2, 0.25) is 9.84 Å². The molecule has 0 bridgehead atoms. The first-order valence-corrected chi connectivity index (χ1v) is 12.3. The molecule has 0 atom stereocenters. The number of aliphatic imine (C=N–C) groups is 2. The van der Waals surface area contributed by atoms with E-state index < -0.39 is 9.84 Å². The van der Waals surface area contributed by atoms with Gasteiger partial charge in [0.25, 0.3) is 0 Å². The van der Waals surface area contributed by atoms with Crippen LogP contribution in [0.3, 0.4) is 0 Å². The molecule has 2 aromatic rings. The Morgan fingerprint density at radius 1 is 0.697 bits per heavy atom. The zero-order chi connectivity index (χ0) is 23.3. The van der Waals surface area contributed by atoms with Gasteiger partial charge in [-0.2, -0.15) is 0 Å². The molecular formula is C24H28N6O2S. The topological polar surface area (TPSA) is 107 Å². The molecule has 172 valence electrons. The predicted molar refractivity (Wildman–Crippen MR) is 134 cm³/mol. The summed E-state index contributed by atoms with van der Waals surface area (Å²) < 4.78 is 26.2. The van der Waals surface area contributed by atoms with Gasteiger partial charge in [-0.15, -0.1) is 0 Å². The summed E-state index contributed by atoms with van der Waals surface area (Å²) in [6, 6.07) is 13.4. The lowest BCUT2D eigenvalue weighted by Crippen LogP contribution is -2.13. The predicted octanol–water partition coefficient (Wildman–Crippen LogP) is 3.15. The molecule has 0 aliphatic carbocycles. The van der Waals surface area contributed by atoms with E-state index >= 15 is 0 Å². The Kier molecular flexibility index (Phi) is 6.79. The Labute approximate surface area is 194 Å². The van der Waals surface area contributed by atoms with Crippen molar-refractivity contribution in [3.8, 4) is 0 Å². The molecule has 0 aromatic heterocycles. The Morgan fingerprint density at radius 3 is 1.48 bits per heavy atom. The second-order valence-electron chi connectivity index (χ2n) is 7.84. The number of anilines is 2. The molecule has 0 amide bonds. The van der Waals surface area contributed by atoms with Crippen LogP contribution in [-0.4, -0.2) is 46.3 Å². The van der Waals surface area contributed by atoms with E-state index in [-0.39, 0.29) is 9.79 Å². The number of sulfone groups is 1. The van der Waals surface area contributed by atoms with Crippen molar-refractivity contribution in [1.82, 2.24) is 10.6 Å². The maximum atomic E-state index is 13.1. The molecule has 4 rings (SSSR count). The molecule has 8 nitrogen and oxygen atoms in total. The lowest BCUT2D eigenvalue weighted by molar-refractivity contribution is 0.596. The molecule has 0 spiro atoms. The van der Waals surface area contributed by atoms with Crippen molar-refractivity contribution >= 4 is 32.9 Å². The molecule has 33 heavy (non-hydrogen) atoms. The third kappa shape index (κ3) is 5.81. The summed E-state index contributed by atoms with van der Waals surface area (Å²) in [6.07, 6.45) is 3.86. The number of benzene rings is 2. The third-order valence-electron chi connectivity index (χ3n) is 5.18. The zero-order valence-electron chi connectivity index (χ0n) is 18.7. The summed E-state index contributed by atoms with van der Waals surface area (Å²) >= 11 is 0. The van der Waals surface area contributed by atoms with Gasteiger partial charge in [0.1, 0.15) is 11.7 Å². The van der Waals surface area contributed by atoms with E-state index in [2.05, 4.69) is 31.3 Å². The SMILES string of the molecule is CC1=CC(Nc2ccc(S(=O)(=O)c3ccc(NC4=NCCNC(C)=C4)cc3)cc2)=NCCN1. The van der Waals surface area contributed by atoms with Crippen molar-refractivity contribution in [3.63, 3.8) is 0 Å². The van der Waals surface area contributed by atoms with Crippen molar-refractivity contribution in [3.05, 3.63) is 72.1 Å².